The molecule has 0 spiro atoms. The fraction of sp³-hybridized carbons (Fsp3) is 0.414. The Hall–Kier alpha value is -3.57. The van der Waals surface area contributed by atoms with Crippen LogP contribution in [-0.4, -0.2) is 72.5 Å². The maximum absolute atomic E-state index is 16.8. The molecule has 0 bridgehead atoms. The Balaban J connectivity index is 1.45. The maximum Gasteiger partial charge on any atom is 0.319 e. The number of thiophene rings is 1. The van der Waals surface area contributed by atoms with E-state index in [1.807, 2.05) is 6.07 Å². The van der Waals surface area contributed by atoms with Gasteiger partial charge in [-0.25, -0.2) is 13.2 Å². The number of likely N-dealkylation sites (N-methyl/N-ethyl adjacent to an activating group) is 1. The molecule has 0 aliphatic carbocycles. The summed E-state index contributed by atoms with van der Waals surface area (Å²) in [7, 11) is 1.76. The Morgan fingerprint density at radius 3 is 2.88 bits per heavy atom. The van der Waals surface area contributed by atoms with Gasteiger partial charge in [0, 0.05) is 37.5 Å². The van der Waals surface area contributed by atoms with Crippen molar-refractivity contribution in [1.82, 2.24) is 14.9 Å². The predicted molar refractivity (Wildman–Crippen MR) is 160 cm³/mol. The van der Waals surface area contributed by atoms with Gasteiger partial charge in [-0.05, 0) is 31.0 Å². The van der Waals surface area contributed by atoms with Crippen LogP contribution in [0.15, 0.2) is 12.1 Å². The monoisotopic (exact) mass is 629 g/mol. The fourth-order valence-corrected chi connectivity index (χ4v) is 8.06. The first kappa shape index (κ1) is 28.2. The molecular weight excluding hydrogens is 603 g/mol. The number of hydrogen-bond donors (Lipinski definition) is 2. The highest BCUT2D eigenvalue weighted by Gasteiger charge is 2.49. The molecule has 2 aromatic carbocycles. The lowest BCUT2D eigenvalue weighted by molar-refractivity contribution is 0.107. The van der Waals surface area contributed by atoms with Gasteiger partial charge in [-0.2, -0.15) is 15.2 Å². The molecule has 0 amide bonds. The van der Waals surface area contributed by atoms with E-state index < -0.39 is 23.3 Å². The zero-order valence-electron chi connectivity index (χ0n) is 23.1. The zero-order chi connectivity index (χ0) is 30.2. The van der Waals surface area contributed by atoms with Crippen molar-refractivity contribution in [3.8, 4) is 29.0 Å². The summed E-state index contributed by atoms with van der Waals surface area (Å²) in [5.74, 6) is -0.979. The van der Waals surface area contributed by atoms with Crippen molar-refractivity contribution in [2.45, 2.75) is 37.0 Å². The van der Waals surface area contributed by atoms with Gasteiger partial charge in [-0.15, -0.1) is 11.3 Å². The molecule has 43 heavy (non-hydrogen) atoms. The number of nitrogens with two attached hydrogens (primary N) is 2. The Kier molecular flexibility index (Phi) is 6.73. The van der Waals surface area contributed by atoms with Crippen LogP contribution >= 0.6 is 22.9 Å². The molecule has 0 saturated carbocycles. The summed E-state index contributed by atoms with van der Waals surface area (Å²) in [4.78, 5) is 13.0. The van der Waals surface area contributed by atoms with Gasteiger partial charge in [0.15, 0.2) is 11.6 Å². The number of alkyl halides is 1. The summed E-state index contributed by atoms with van der Waals surface area (Å²) >= 11 is 7.80. The van der Waals surface area contributed by atoms with E-state index in [9.17, 15) is 14.0 Å². The molecule has 2 saturated heterocycles. The van der Waals surface area contributed by atoms with Crippen LogP contribution in [0.1, 0.15) is 24.8 Å². The number of nitrogen functional groups attached to an aromatic ring is 1. The lowest BCUT2D eigenvalue weighted by atomic mass is 9.95. The SMILES string of the molecule is CN1c2nc(OC[C@@]34CCCN3C[C@H](F)C4)nc3c(F)c(-c4ccc(F)c5sc(N)c(C#N)c45)c(Cl)c(c23)OC[C@@H]1CN. The molecule has 7 rings (SSSR count). The van der Waals surface area contributed by atoms with Gasteiger partial charge in [0.25, 0.3) is 0 Å². The van der Waals surface area contributed by atoms with E-state index in [2.05, 4.69) is 14.9 Å². The topological polar surface area (TPSA) is 127 Å². The van der Waals surface area contributed by atoms with Gasteiger partial charge in [-0.3, -0.25) is 4.90 Å². The summed E-state index contributed by atoms with van der Waals surface area (Å²) in [6, 6.07) is 4.12. The van der Waals surface area contributed by atoms with Gasteiger partial charge in [0.05, 0.1) is 32.3 Å². The van der Waals surface area contributed by atoms with Crippen LogP contribution < -0.4 is 25.8 Å². The van der Waals surface area contributed by atoms with E-state index in [4.69, 9.17) is 32.5 Å². The number of nitriles is 1. The second-order valence-electron chi connectivity index (χ2n) is 11.3. The summed E-state index contributed by atoms with van der Waals surface area (Å²) in [5, 5.41) is 10.2. The fourth-order valence-electron chi connectivity index (χ4n) is 6.77. The zero-order valence-corrected chi connectivity index (χ0v) is 24.7. The van der Waals surface area contributed by atoms with Crippen LogP contribution in [0, 0.1) is 23.0 Å². The normalized spacial score (nSPS) is 23.4. The van der Waals surface area contributed by atoms with E-state index in [0.717, 1.165) is 30.7 Å². The van der Waals surface area contributed by atoms with Crippen molar-refractivity contribution >= 4 is 54.7 Å². The molecule has 0 radical (unpaired) electrons. The molecule has 9 nitrogen and oxygen atoms in total. The molecular formula is C29H27ClF3N7O2S. The van der Waals surface area contributed by atoms with E-state index in [1.54, 1.807) is 11.9 Å². The van der Waals surface area contributed by atoms with Crippen LogP contribution in [0.3, 0.4) is 0 Å². The van der Waals surface area contributed by atoms with Crippen molar-refractivity contribution < 1.29 is 22.6 Å². The number of fused-ring (bicyclic) bond motifs is 2. The molecule has 14 heteroatoms. The van der Waals surface area contributed by atoms with E-state index >= 15 is 4.39 Å². The minimum absolute atomic E-state index is 0.0234. The lowest BCUT2D eigenvalue weighted by Gasteiger charge is -2.31. The molecule has 224 valence electrons. The van der Waals surface area contributed by atoms with Gasteiger partial charge in [-0.1, -0.05) is 17.7 Å². The van der Waals surface area contributed by atoms with Gasteiger partial charge in [0.2, 0.25) is 0 Å². The number of rotatable bonds is 5. The minimum atomic E-state index is -0.943. The molecule has 4 aromatic rings. The lowest BCUT2D eigenvalue weighted by Crippen LogP contribution is -2.43. The average Bonchev–Trinajstić information content (AvgIpc) is 3.60. The summed E-state index contributed by atoms with van der Waals surface area (Å²) in [5.41, 5.74) is 11.6. The largest absolute Gasteiger partial charge is 0.489 e. The molecule has 3 aliphatic rings. The van der Waals surface area contributed by atoms with Crippen molar-refractivity contribution in [2.24, 2.45) is 5.73 Å². The number of anilines is 2. The number of aromatic nitrogens is 2. The van der Waals surface area contributed by atoms with Crippen LogP contribution in [0.2, 0.25) is 5.02 Å². The molecule has 4 N–H and O–H groups in total. The summed E-state index contributed by atoms with van der Waals surface area (Å²) in [6.45, 7) is 1.60. The minimum Gasteiger partial charge on any atom is -0.489 e. The molecule has 5 heterocycles. The first-order valence-electron chi connectivity index (χ1n) is 13.9. The Labute approximate surface area is 253 Å². The molecule has 3 aliphatic heterocycles. The predicted octanol–water partition coefficient (Wildman–Crippen LogP) is 5.01. The van der Waals surface area contributed by atoms with Crippen LogP contribution in [0.25, 0.3) is 32.1 Å². The number of ether oxygens (including phenoxy) is 2. The van der Waals surface area contributed by atoms with Gasteiger partial charge < -0.3 is 25.8 Å². The molecule has 0 unspecified atom stereocenters. The van der Waals surface area contributed by atoms with E-state index in [0.29, 0.717) is 18.8 Å². The van der Waals surface area contributed by atoms with Crippen molar-refractivity contribution in [3.63, 3.8) is 0 Å². The standard InChI is InChI=1S/C29H27ClF3N7O2S/c1-39-14(8-34)11-41-24-20-23(37-28(38-27(20)39)42-12-29-5-2-6-40(29)10-13(31)7-29)22(33)19(21(24)30)15-3-4-17(32)25-18(15)16(9-35)26(36)43-25/h3-4,13-14H,2,5-8,10-12,34,36H2,1H3/t13-,14+,29+/m1/s1. The number of benzene rings is 2. The van der Waals surface area contributed by atoms with Crippen molar-refractivity contribution in [1.29, 1.82) is 5.26 Å². The second kappa shape index (κ2) is 10.3. The molecule has 2 fully saturated rings. The van der Waals surface area contributed by atoms with Gasteiger partial charge in [0.1, 0.15) is 47.6 Å². The third-order valence-corrected chi connectivity index (χ3v) is 10.3. The first-order valence-corrected chi connectivity index (χ1v) is 15.1. The average molecular weight is 630 g/mol. The van der Waals surface area contributed by atoms with Crippen molar-refractivity contribution in [2.75, 3.05) is 50.5 Å². The maximum atomic E-state index is 16.8. The first-order chi connectivity index (χ1) is 20.7. The Morgan fingerprint density at radius 2 is 2.12 bits per heavy atom. The third-order valence-electron chi connectivity index (χ3n) is 8.95. The summed E-state index contributed by atoms with van der Waals surface area (Å²) in [6.07, 6.45) is 1.12. The number of hydrogen-bond acceptors (Lipinski definition) is 10. The van der Waals surface area contributed by atoms with Crippen molar-refractivity contribution in [3.05, 3.63) is 34.4 Å². The quantitative estimate of drug-likeness (QED) is 0.313. The number of nitrogens with zero attached hydrogens (tertiary/aromatic N) is 5. The molecule has 3 atom stereocenters. The number of halogens is 4. The third kappa shape index (κ3) is 4.18. The molecule has 2 aromatic heterocycles. The van der Waals surface area contributed by atoms with Crippen LogP contribution in [0.4, 0.5) is 24.0 Å². The van der Waals surface area contributed by atoms with E-state index in [-0.39, 0.29) is 85.3 Å². The van der Waals surface area contributed by atoms with E-state index in [1.165, 1.54) is 12.1 Å². The Morgan fingerprint density at radius 1 is 1.30 bits per heavy atom. The van der Waals surface area contributed by atoms with Gasteiger partial charge >= 0.3 is 6.01 Å². The Bertz CT molecular complexity index is 1850. The second-order valence-corrected chi connectivity index (χ2v) is 12.7. The smallest absolute Gasteiger partial charge is 0.319 e. The highest BCUT2D eigenvalue weighted by molar-refractivity contribution is 7.23. The van der Waals surface area contributed by atoms with Crippen LogP contribution in [0.5, 0.6) is 11.8 Å². The highest BCUT2D eigenvalue weighted by Crippen LogP contribution is 2.51. The summed E-state index contributed by atoms with van der Waals surface area (Å²) < 4.78 is 58.5. The van der Waals surface area contributed by atoms with Crippen LogP contribution in [-0.2, 0) is 0 Å². The highest BCUT2D eigenvalue weighted by atomic mass is 35.5.